The topological polar surface area (TPSA) is 24.5 Å². The van der Waals surface area contributed by atoms with Crippen molar-refractivity contribution < 1.29 is 4.74 Å². The monoisotopic (exact) mass is 278 g/mol. The lowest BCUT2D eigenvalue weighted by Gasteiger charge is -2.37. The molecule has 104 valence electrons. The van der Waals surface area contributed by atoms with E-state index in [1.165, 1.54) is 5.56 Å². The van der Waals surface area contributed by atoms with Crippen LogP contribution in [0.15, 0.2) is 24.3 Å². The lowest BCUT2D eigenvalue weighted by Crippen LogP contribution is -2.49. The minimum absolute atomic E-state index is 0.227. The van der Waals surface area contributed by atoms with Gasteiger partial charge in [-0.25, -0.2) is 0 Å². The van der Waals surface area contributed by atoms with Crippen molar-refractivity contribution in [3.63, 3.8) is 0 Å². The van der Waals surface area contributed by atoms with Gasteiger partial charge in [-0.3, -0.25) is 0 Å². The van der Waals surface area contributed by atoms with Crippen molar-refractivity contribution >= 4 is 23.0 Å². The summed E-state index contributed by atoms with van der Waals surface area (Å²) >= 11 is 5.53. The second-order valence-corrected chi connectivity index (χ2v) is 5.49. The first-order chi connectivity index (χ1) is 9.10. The van der Waals surface area contributed by atoms with E-state index >= 15 is 0 Å². The predicted molar refractivity (Wildman–Crippen MR) is 83.6 cm³/mol. The molecule has 0 radical (unpaired) electrons. The number of rotatable bonds is 2. The van der Waals surface area contributed by atoms with E-state index in [4.69, 9.17) is 17.0 Å². The molecule has 1 N–H and O–H groups in total. The van der Waals surface area contributed by atoms with Crippen LogP contribution < -0.4 is 5.32 Å². The molecule has 2 rings (SSSR count). The van der Waals surface area contributed by atoms with Crippen molar-refractivity contribution in [2.24, 2.45) is 0 Å². The van der Waals surface area contributed by atoms with Crippen molar-refractivity contribution in [2.75, 3.05) is 18.4 Å². The Balaban J connectivity index is 2.04. The van der Waals surface area contributed by atoms with Crippen LogP contribution in [0.25, 0.3) is 0 Å². The Labute approximate surface area is 120 Å². The normalized spacial score (nSPS) is 23.2. The summed E-state index contributed by atoms with van der Waals surface area (Å²) in [6.45, 7) is 8.04. The highest BCUT2D eigenvalue weighted by atomic mass is 32.1. The number of hydrogen-bond donors (Lipinski definition) is 1. The molecule has 1 aliphatic rings. The summed E-state index contributed by atoms with van der Waals surface area (Å²) in [4.78, 5) is 2.20. The third-order valence-electron chi connectivity index (χ3n) is 3.35. The number of ether oxygens (including phenoxy) is 1. The molecule has 2 atom stereocenters. The Morgan fingerprint density at radius 3 is 2.58 bits per heavy atom. The van der Waals surface area contributed by atoms with Gasteiger partial charge in [-0.2, -0.15) is 0 Å². The Hall–Kier alpha value is -1.13. The van der Waals surface area contributed by atoms with Gasteiger partial charge in [-0.1, -0.05) is 25.1 Å². The van der Waals surface area contributed by atoms with E-state index in [-0.39, 0.29) is 12.2 Å². The molecule has 1 heterocycles. The van der Waals surface area contributed by atoms with Crippen LogP contribution in [0.5, 0.6) is 0 Å². The van der Waals surface area contributed by atoms with Crippen LogP contribution in [0, 0.1) is 0 Å². The molecule has 3 nitrogen and oxygen atoms in total. The number of morpholine rings is 1. The fourth-order valence-electron chi connectivity index (χ4n) is 2.49. The van der Waals surface area contributed by atoms with Crippen LogP contribution in [0.2, 0.25) is 0 Å². The number of benzene rings is 1. The van der Waals surface area contributed by atoms with Crippen LogP contribution in [0.4, 0.5) is 5.69 Å². The molecule has 1 aromatic carbocycles. The van der Waals surface area contributed by atoms with E-state index in [2.05, 4.69) is 49.2 Å². The Morgan fingerprint density at radius 2 is 1.95 bits per heavy atom. The van der Waals surface area contributed by atoms with Gasteiger partial charge in [0.2, 0.25) is 0 Å². The molecule has 4 heteroatoms. The first-order valence-electron chi connectivity index (χ1n) is 6.89. The fraction of sp³-hybridized carbons (Fsp3) is 0.533. The summed E-state index contributed by atoms with van der Waals surface area (Å²) in [6.07, 6.45) is 1.46. The zero-order chi connectivity index (χ0) is 13.8. The Morgan fingerprint density at radius 1 is 1.32 bits per heavy atom. The van der Waals surface area contributed by atoms with Crippen molar-refractivity contribution in [1.29, 1.82) is 0 Å². The number of aryl methyl sites for hydroxylation is 1. The predicted octanol–water partition coefficient (Wildman–Crippen LogP) is 3.06. The highest BCUT2D eigenvalue weighted by molar-refractivity contribution is 7.80. The van der Waals surface area contributed by atoms with Crippen LogP contribution in [-0.4, -0.2) is 35.3 Å². The van der Waals surface area contributed by atoms with Gasteiger partial charge in [0.05, 0.1) is 12.2 Å². The molecule has 1 aromatic rings. The van der Waals surface area contributed by atoms with Crippen molar-refractivity contribution in [3.8, 4) is 0 Å². The average Bonchev–Trinajstić information content (AvgIpc) is 2.38. The summed E-state index contributed by atoms with van der Waals surface area (Å²) in [5, 5.41) is 4.17. The molecule has 0 aromatic heterocycles. The minimum Gasteiger partial charge on any atom is -0.372 e. The number of nitrogens with zero attached hydrogens (tertiary/aromatic N) is 1. The van der Waals surface area contributed by atoms with Gasteiger partial charge in [-0.05, 0) is 44.1 Å². The highest BCUT2D eigenvalue weighted by Crippen LogP contribution is 2.18. The maximum absolute atomic E-state index is 5.73. The first-order valence-corrected chi connectivity index (χ1v) is 7.30. The van der Waals surface area contributed by atoms with Crippen molar-refractivity contribution in [1.82, 2.24) is 4.90 Å². The number of thiocarbonyl (C=S) groups is 1. The quantitative estimate of drug-likeness (QED) is 0.840. The number of para-hydroxylation sites is 1. The summed E-state index contributed by atoms with van der Waals surface area (Å²) in [6, 6.07) is 8.31. The smallest absolute Gasteiger partial charge is 0.173 e. The number of hydrogen-bond acceptors (Lipinski definition) is 2. The van der Waals surface area contributed by atoms with E-state index in [0.717, 1.165) is 30.3 Å². The molecule has 0 saturated carbocycles. The highest BCUT2D eigenvalue weighted by Gasteiger charge is 2.24. The molecule has 1 aliphatic heterocycles. The molecule has 0 aliphatic carbocycles. The number of nitrogens with one attached hydrogen (secondary N) is 1. The van der Waals surface area contributed by atoms with Crippen LogP contribution in [0.1, 0.15) is 26.3 Å². The Bertz CT molecular complexity index is 440. The summed E-state index contributed by atoms with van der Waals surface area (Å²) in [7, 11) is 0. The lowest BCUT2D eigenvalue weighted by molar-refractivity contribution is -0.0473. The maximum atomic E-state index is 5.73. The second kappa shape index (κ2) is 6.35. The van der Waals surface area contributed by atoms with Crippen LogP contribution in [-0.2, 0) is 11.2 Å². The van der Waals surface area contributed by atoms with Crippen molar-refractivity contribution in [2.45, 2.75) is 39.4 Å². The maximum Gasteiger partial charge on any atom is 0.173 e. The third kappa shape index (κ3) is 3.67. The molecule has 0 unspecified atom stereocenters. The van der Waals surface area contributed by atoms with Gasteiger partial charge in [0.15, 0.2) is 5.11 Å². The van der Waals surface area contributed by atoms with Crippen molar-refractivity contribution in [3.05, 3.63) is 29.8 Å². The van der Waals surface area contributed by atoms with Gasteiger partial charge in [0.1, 0.15) is 0 Å². The SMILES string of the molecule is CCc1ccccc1NC(=S)N1C[C@@H](C)O[C@@H](C)C1. The van der Waals surface area contributed by atoms with Crippen LogP contribution >= 0.6 is 12.2 Å². The van der Waals surface area contributed by atoms with Gasteiger partial charge in [-0.15, -0.1) is 0 Å². The fourth-order valence-corrected chi connectivity index (χ4v) is 2.75. The third-order valence-corrected chi connectivity index (χ3v) is 3.71. The molecule has 1 fully saturated rings. The lowest BCUT2D eigenvalue weighted by atomic mass is 10.1. The van der Waals surface area contributed by atoms with E-state index in [0.29, 0.717) is 0 Å². The molecular formula is C15H22N2OS. The van der Waals surface area contributed by atoms with E-state index in [1.807, 2.05) is 6.07 Å². The molecule has 0 bridgehead atoms. The van der Waals surface area contributed by atoms with Gasteiger partial charge < -0.3 is 15.0 Å². The average molecular weight is 278 g/mol. The van der Waals surface area contributed by atoms with E-state index in [1.54, 1.807) is 0 Å². The Kier molecular flexibility index (Phi) is 4.77. The molecule has 0 spiro atoms. The standard InChI is InChI=1S/C15H22N2OS/c1-4-13-7-5-6-8-14(13)16-15(19)17-9-11(2)18-12(3)10-17/h5-8,11-12H,4,9-10H2,1-3H3,(H,16,19)/t11-,12+. The van der Waals surface area contributed by atoms with Gasteiger partial charge in [0, 0.05) is 18.8 Å². The molecule has 1 saturated heterocycles. The summed E-state index contributed by atoms with van der Waals surface area (Å²) in [5.74, 6) is 0. The largest absolute Gasteiger partial charge is 0.372 e. The molecule has 19 heavy (non-hydrogen) atoms. The zero-order valence-electron chi connectivity index (χ0n) is 11.8. The van der Waals surface area contributed by atoms with Gasteiger partial charge >= 0.3 is 0 Å². The first kappa shape index (κ1) is 14.3. The zero-order valence-corrected chi connectivity index (χ0v) is 12.7. The van der Waals surface area contributed by atoms with E-state index < -0.39 is 0 Å². The second-order valence-electron chi connectivity index (χ2n) is 5.10. The summed E-state index contributed by atoms with van der Waals surface area (Å²) in [5.41, 5.74) is 2.40. The number of anilines is 1. The van der Waals surface area contributed by atoms with E-state index in [9.17, 15) is 0 Å². The minimum atomic E-state index is 0.227. The van der Waals surface area contributed by atoms with Crippen LogP contribution in [0.3, 0.4) is 0 Å². The molecular weight excluding hydrogens is 256 g/mol. The summed E-state index contributed by atoms with van der Waals surface area (Å²) < 4.78 is 5.73. The van der Waals surface area contributed by atoms with Gasteiger partial charge in [0.25, 0.3) is 0 Å². The molecule has 0 amide bonds.